The van der Waals surface area contributed by atoms with E-state index in [4.69, 9.17) is 23.2 Å². The summed E-state index contributed by atoms with van der Waals surface area (Å²) in [7, 11) is 0. The fourth-order valence-corrected chi connectivity index (χ4v) is 2.04. The van der Waals surface area contributed by atoms with E-state index in [0.29, 0.717) is 0 Å². The maximum atomic E-state index is 12.3. The van der Waals surface area contributed by atoms with Crippen molar-refractivity contribution in [2.24, 2.45) is 0 Å². The van der Waals surface area contributed by atoms with Gasteiger partial charge in [-0.25, -0.2) is 0 Å². The number of ether oxygens (including phenoxy) is 1. The van der Waals surface area contributed by atoms with E-state index in [1.165, 1.54) is 36.4 Å². The molecule has 8 heteroatoms. The molecule has 2 rings (SSSR count). The number of carbonyl (C=O) groups is 1. The van der Waals surface area contributed by atoms with Gasteiger partial charge in [-0.3, -0.25) is 4.79 Å². The van der Waals surface area contributed by atoms with Gasteiger partial charge < -0.3 is 10.1 Å². The molecular weight excluding hydrogens is 342 g/mol. The fourth-order valence-electron chi connectivity index (χ4n) is 1.65. The van der Waals surface area contributed by atoms with Crippen molar-refractivity contribution in [2.45, 2.75) is 6.36 Å². The average molecular weight is 350 g/mol. The normalized spacial score (nSPS) is 11.1. The number of para-hydroxylation sites is 2. The van der Waals surface area contributed by atoms with E-state index in [1.807, 2.05) is 0 Å². The number of nitrogens with one attached hydrogen (secondary N) is 1. The number of anilines is 1. The molecule has 2 aromatic rings. The van der Waals surface area contributed by atoms with E-state index in [0.717, 1.165) is 6.07 Å². The van der Waals surface area contributed by atoms with E-state index in [2.05, 4.69) is 10.1 Å². The Labute approximate surface area is 133 Å². The van der Waals surface area contributed by atoms with Crippen molar-refractivity contribution in [3.63, 3.8) is 0 Å². The zero-order chi connectivity index (χ0) is 16.3. The Hall–Kier alpha value is -1.92. The van der Waals surface area contributed by atoms with Crippen molar-refractivity contribution >= 4 is 34.8 Å². The second kappa shape index (κ2) is 6.46. The van der Waals surface area contributed by atoms with Gasteiger partial charge in [0.1, 0.15) is 0 Å². The third-order valence-electron chi connectivity index (χ3n) is 2.56. The van der Waals surface area contributed by atoms with Gasteiger partial charge in [0.15, 0.2) is 5.75 Å². The highest BCUT2D eigenvalue weighted by atomic mass is 35.5. The Morgan fingerprint density at radius 2 is 1.73 bits per heavy atom. The summed E-state index contributed by atoms with van der Waals surface area (Å²) in [6.07, 6.45) is -4.87. The Balaban J connectivity index is 2.27. The van der Waals surface area contributed by atoms with Crippen LogP contribution in [-0.2, 0) is 0 Å². The van der Waals surface area contributed by atoms with Crippen LogP contribution in [0.4, 0.5) is 18.9 Å². The van der Waals surface area contributed by atoms with Gasteiger partial charge in [0.05, 0.1) is 21.3 Å². The van der Waals surface area contributed by atoms with Gasteiger partial charge in [-0.1, -0.05) is 41.4 Å². The molecule has 0 radical (unpaired) electrons. The highest BCUT2D eigenvalue weighted by Gasteiger charge is 2.32. The van der Waals surface area contributed by atoms with Crippen LogP contribution in [0.25, 0.3) is 0 Å². The second-order valence-electron chi connectivity index (χ2n) is 4.10. The molecule has 22 heavy (non-hydrogen) atoms. The molecule has 0 spiro atoms. The average Bonchev–Trinajstić information content (AvgIpc) is 2.42. The van der Waals surface area contributed by atoms with Crippen molar-refractivity contribution in [1.82, 2.24) is 0 Å². The molecule has 0 bridgehead atoms. The number of carbonyl (C=O) groups excluding carboxylic acids is 1. The molecule has 2 aromatic carbocycles. The Morgan fingerprint density at radius 1 is 1.05 bits per heavy atom. The Kier molecular flexibility index (Phi) is 4.83. The van der Waals surface area contributed by atoms with E-state index >= 15 is 0 Å². The van der Waals surface area contributed by atoms with Crippen LogP contribution in [0.3, 0.4) is 0 Å². The molecule has 0 aromatic heterocycles. The highest BCUT2D eigenvalue weighted by Crippen LogP contribution is 2.31. The number of hydrogen-bond acceptors (Lipinski definition) is 2. The van der Waals surface area contributed by atoms with Gasteiger partial charge >= 0.3 is 6.36 Å². The zero-order valence-corrected chi connectivity index (χ0v) is 12.3. The molecular formula is C14H8Cl2F3NO2. The van der Waals surface area contributed by atoms with Crippen molar-refractivity contribution in [3.05, 3.63) is 58.1 Å². The first-order chi connectivity index (χ1) is 10.3. The SMILES string of the molecule is O=C(Nc1ccccc1OC(F)(F)F)c1cccc(Cl)c1Cl. The Morgan fingerprint density at radius 3 is 2.41 bits per heavy atom. The van der Waals surface area contributed by atoms with Gasteiger partial charge in [-0.2, -0.15) is 0 Å². The number of rotatable bonds is 3. The van der Waals surface area contributed by atoms with Gasteiger partial charge in [-0.05, 0) is 24.3 Å². The molecule has 1 N–H and O–H groups in total. The van der Waals surface area contributed by atoms with Crippen LogP contribution in [0.2, 0.25) is 10.0 Å². The summed E-state index contributed by atoms with van der Waals surface area (Å²) in [5.74, 6) is -1.23. The van der Waals surface area contributed by atoms with E-state index in [9.17, 15) is 18.0 Å². The number of hydrogen-bond donors (Lipinski definition) is 1. The molecule has 0 fully saturated rings. The summed E-state index contributed by atoms with van der Waals surface area (Å²) in [5.41, 5.74) is -0.100. The minimum absolute atomic E-state index is 0.0101. The number of alkyl halides is 3. The number of amides is 1. The quantitative estimate of drug-likeness (QED) is 0.832. The number of benzene rings is 2. The molecule has 1 amide bonds. The summed E-state index contributed by atoms with van der Waals surface area (Å²) in [6.45, 7) is 0. The standard InChI is InChI=1S/C14H8Cl2F3NO2/c15-9-5-3-4-8(12(9)16)13(21)20-10-6-1-2-7-11(10)22-14(17,18)19/h1-7H,(H,20,21). The summed E-state index contributed by atoms with van der Waals surface area (Å²) < 4.78 is 40.8. The lowest BCUT2D eigenvalue weighted by molar-refractivity contribution is -0.274. The minimum atomic E-state index is -4.87. The monoisotopic (exact) mass is 349 g/mol. The lowest BCUT2D eigenvalue weighted by Crippen LogP contribution is -2.19. The summed E-state index contributed by atoms with van der Waals surface area (Å²) in [5, 5.41) is 2.48. The van der Waals surface area contributed by atoms with Crippen LogP contribution in [0, 0.1) is 0 Å². The predicted molar refractivity (Wildman–Crippen MR) is 77.5 cm³/mol. The van der Waals surface area contributed by atoms with Crippen LogP contribution in [0.1, 0.15) is 10.4 Å². The summed E-state index contributed by atoms with van der Waals surface area (Å²) in [4.78, 5) is 12.1. The first-order valence-electron chi connectivity index (χ1n) is 5.88. The van der Waals surface area contributed by atoms with Gasteiger partial charge in [-0.15, -0.1) is 13.2 Å². The van der Waals surface area contributed by atoms with Crippen LogP contribution in [0.15, 0.2) is 42.5 Å². The zero-order valence-electron chi connectivity index (χ0n) is 10.7. The lowest BCUT2D eigenvalue weighted by atomic mass is 10.2. The van der Waals surface area contributed by atoms with Gasteiger partial charge in [0.2, 0.25) is 0 Å². The highest BCUT2D eigenvalue weighted by molar-refractivity contribution is 6.44. The topological polar surface area (TPSA) is 38.3 Å². The third-order valence-corrected chi connectivity index (χ3v) is 3.38. The number of halogens is 5. The molecule has 0 aliphatic heterocycles. The van der Waals surface area contributed by atoms with Gasteiger partial charge in [0, 0.05) is 0 Å². The van der Waals surface area contributed by atoms with Gasteiger partial charge in [0.25, 0.3) is 5.91 Å². The van der Waals surface area contributed by atoms with Crippen LogP contribution >= 0.6 is 23.2 Å². The summed E-state index contributed by atoms with van der Waals surface area (Å²) in [6, 6.07) is 9.56. The molecule has 0 atom stereocenters. The van der Waals surface area contributed by atoms with E-state index < -0.39 is 18.0 Å². The molecule has 0 heterocycles. The predicted octanol–water partition coefficient (Wildman–Crippen LogP) is 5.14. The molecule has 0 unspecified atom stereocenters. The Bertz CT molecular complexity index is 705. The second-order valence-corrected chi connectivity index (χ2v) is 4.88. The van der Waals surface area contributed by atoms with Crippen molar-refractivity contribution < 1.29 is 22.7 Å². The molecule has 3 nitrogen and oxygen atoms in total. The largest absolute Gasteiger partial charge is 0.573 e. The molecule has 116 valence electrons. The van der Waals surface area contributed by atoms with Crippen LogP contribution in [0.5, 0.6) is 5.75 Å². The molecule has 0 saturated heterocycles. The minimum Gasteiger partial charge on any atom is -0.404 e. The van der Waals surface area contributed by atoms with Crippen molar-refractivity contribution in [3.8, 4) is 5.75 Å². The summed E-state index contributed by atoms with van der Waals surface area (Å²) >= 11 is 11.7. The maximum absolute atomic E-state index is 12.3. The molecule has 0 aliphatic rings. The van der Waals surface area contributed by atoms with E-state index in [1.54, 1.807) is 0 Å². The third kappa shape index (κ3) is 4.05. The first kappa shape index (κ1) is 16.5. The van der Waals surface area contributed by atoms with Crippen molar-refractivity contribution in [1.29, 1.82) is 0 Å². The first-order valence-corrected chi connectivity index (χ1v) is 6.63. The molecule has 0 saturated carbocycles. The fraction of sp³-hybridized carbons (Fsp3) is 0.0714. The van der Waals surface area contributed by atoms with Crippen molar-refractivity contribution in [2.75, 3.05) is 5.32 Å². The van der Waals surface area contributed by atoms with Crippen LogP contribution in [-0.4, -0.2) is 12.3 Å². The lowest BCUT2D eigenvalue weighted by Gasteiger charge is -2.14. The van der Waals surface area contributed by atoms with Crippen LogP contribution < -0.4 is 10.1 Å². The smallest absolute Gasteiger partial charge is 0.404 e. The maximum Gasteiger partial charge on any atom is 0.573 e. The van der Waals surface area contributed by atoms with E-state index in [-0.39, 0.29) is 21.3 Å². The molecule has 0 aliphatic carbocycles.